The molecule has 1 aliphatic rings. The minimum Gasteiger partial charge on any atom is -0.361 e. The van der Waals surface area contributed by atoms with Gasteiger partial charge in [-0.1, -0.05) is 116 Å². The number of hydrogen-bond donors (Lipinski definition) is 0. The third-order valence-corrected chi connectivity index (χ3v) is 9.07. The van der Waals surface area contributed by atoms with Gasteiger partial charge in [0.15, 0.2) is 0 Å². The van der Waals surface area contributed by atoms with Crippen LogP contribution in [-0.4, -0.2) is 5.16 Å². The number of rotatable bonds is 2. The molecule has 0 fully saturated rings. The molecule has 0 amide bonds. The molecule has 0 radical (unpaired) electrons. The number of hydrogen-bond acceptors (Lipinski definition) is 2. The smallest absolute Gasteiger partial charge is 0.141 e. The number of fused-ring (bicyclic) bond motifs is 7. The molecule has 0 saturated carbocycles. The molecular formula is C38H29NO. The maximum absolute atomic E-state index is 5.65. The van der Waals surface area contributed by atoms with E-state index in [4.69, 9.17) is 4.52 Å². The van der Waals surface area contributed by atoms with Gasteiger partial charge in [0.05, 0.1) is 5.69 Å². The van der Waals surface area contributed by atoms with E-state index in [9.17, 15) is 0 Å². The molecule has 2 nitrogen and oxygen atoms in total. The highest BCUT2D eigenvalue weighted by atomic mass is 16.5. The summed E-state index contributed by atoms with van der Waals surface area (Å²) in [4.78, 5) is 0. The lowest BCUT2D eigenvalue weighted by atomic mass is 9.80. The van der Waals surface area contributed by atoms with Crippen molar-refractivity contribution in [3.05, 3.63) is 126 Å². The number of aryl methyl sites for hydroxylation is 2. The summed E-state index contributed by atoms with van der Waals surface area (Å²) < 4.78 is 5.65. The van der Waals surface area contributed by atoms with Gasteiger partial charge in [0, 0.05) is 16.5 Å². The summed E-state index contributed by atoms with van der Waals surface area (Å²) in [6, 6.07) is 38.1. The van der Waals surface area contributed by atoms with E-state index in [0.29, 0.717) is 0 Å². The van der Waals surface area contributed by atoms with Gasteiger partial charge in [-0.15, -0.1) is 0 Å². The van der Waals surface area contributed by atoms with Crippen molar-refractivity contribution in [1.29, 1.82) is 0 Å². The van der Waals surface area contributed by atoms with Crippen LogP contribution < -0.4 is 0 Å². The minimum absolute atomic E-state index is 0.0903. The topological polar surface area (TPSA) is 26.0 Å². The molecule has 192 valence electrons. The summed E-state index contributed by atoms with van der Waals surface area (Å²) in [6.45, 7) is 8.78. The summed E-state index contributed by atoms with van der Waals surface area (Å²) in [5.41, 5.74) is 11.2. The number of benzene rings is 6. The summed E-state index contributed by atoms with van der Waals surface area (Å²) in [5.74, 6) is 0.852. The fourth-order valence-electron chi connectivity index (χ4n) is 7.21. The van der Waals surface area contributed by atoms with Gasteiger partial charge in [-0.25, -0.2) is 0 Å². The average Bonchev–Trinajstić information content (AvgIpc) is 3.43. The molecule has 0 N–H and O–H groups in total. The monoisotopic (exact) mass is 515 g/mol. The van der Waals surface area contributed by atoms with Gasteiger partial charge in [0.2, 0.25) is 0 Å². The minimum atomic E-state index is -0.0903. The Morgan fingerprint density at radius 2 is 1.15 bits per heavy atom. The summed E-state index contributed by atoms with van der Waals surface area (Å²) in [7, 11) is 0. The van der Waals surface area contributed by atoms with Crippen LogP contribution in [0, 0.1) is 13.8 Å². The van der Waals surface area contributed by atoms with Gasteiger partial charge in [0.25, 0.3) is 0 Å². The standard InChI is InChI=1S/C38H29NO/c1-22-34(23(2)40-39-22)37-29-15-9-7-13-27(29)35(28-14-8-10-16-30(28)37)25-17-19-31-33(21-25)38(3,4)32-20-18-24-11-5-6-12-26(24)36(31)32/h5-21H,1-4H3. The molecule has 0 aliphatic heterocycles. The summed E-state index contributed by atoms with van der Waals surface area (Å²) in [6.07, 6.45) is 0. The van der Waals surface area contributed by atoms with Gasteiger partial charge in [-0.05, 0) is 85.6 Å². The van der Waals surface area contributed by atoms with E-state index < -0.39 is 0 Å². The second-order valence-corrected chi connectivity index (χ2v) is 11.6. The molecular weight excluding hydrogens is 486 g/mol. The number of nitrogens with zero attached hydrogens (tertiary/aromatic N) is 1. The van der Waals surface area contributed by atoms with Crippen LogP contribution in [0.5, 0.6) is 0 Å². The lowest BCUT2D eigenvalue weighted by Crippen LogP contribution is -2.15. The third-order valence-electron chi connectivity index (χ3n) is 9.07. The van der Waals surface area contributed by atoms with Crippen LogP contribution in [0.2, 0.25) is 0 Å². The molecule has 1 aliphatic carbocycles. The molecule has 0 saturated heterocycles. The van der Waals surface area contributed by atoms with Crippen LogP contribution in [-0.2, 0) is 5.41 Å². The van der Waals surface area contributed by atoms with Crippen molar-refractivity contribution in [1.82, 2.24) is 5.16 Å². The molecule has 0 spiro atoms. The molecule has 7 aromatic rings. The number of aromatic nitrogens is 1. The highest BCUT2D eigenvalue weighted by Gasteiger charge is 2.36. The SMILES string of the molecule is Cc1noc(C)c1-c1c2ccccc2c(-c2ccc3c(c2)C(C)(C)c2ccc4ccccc4c2-3)c2ccccc12. The predicted octanol–water partition coefficient (Wildman–Crippen LogP) is 10.4. The Balaban J connectivity index is 1.46. The van der Waals surface area contributed by atoms with Crippen molar-refractivity contribution in [2.75, 3.05) is 0 Å². The van der Waals surface area contributed by atoms with Gasteiger partial charge < -0.3 is 4.52 Å². The molecule has 0 atom stereocenters. The largest absolute Gasteiger partial charge is 0.361 e. The fourth-order valence-corrected chi connectivity index (χ4v) is 7.21. The maximum atomic E-state index is 5.65. The summed E-state index contributed by atoms with van der Waals surface area (Å²) >= 11 is 0. The maximum Gasteiger partial charge on any atom is 0.141 e. The van der Waals surface area contributed by atoms with E-state index in [2.05, 4.69) is 122 Å². The molecule has 0 bridgehead atoms. The lowest BCUT2D eigenvalue weighted by molar-refractivity contribution is 0.393. The fraction of sp³-hybridized carbons (Fsp3) is 0.132. The molecule has 1 aromatic heterocycles. The Bertz CT molecular complexity index is 2080. The van der Waals surface area contributed by atoms with Crippen LogP contribution >= 0.6 is 0 Å². The Kier molecular flexibility index (Phi) is 4.74. The highest BCUT2D eigenvalue weighted by molar-refractivity contribution is 6.22. The van der Waals surface area contributed by atoms with Crippen LogP contribution in [0.4, 0.5) is 0 Å². The summed E-state index contributed by atoms with van der Waals surface area (Å²) in [5, 5.41) is 11.9. The first-order valence-corrected chi connectivity index (χ1v) is 14.0. The molecule has 1 heterocycles. The van der Waals surface area contributed by atoms with Crippen LogP contribution in [0.25, 0.3) is 65.7 Å². The van der Waals surface area contributed by atoms with Crippen LogP contribution in [0.3, 0.4) is 0 Å². The first-order valence-electron chi connectivity index (χ1n) is 14.0. The van der Waals surface area contributed by atoms with E-state index in [1.165, 1.54) is 71.3 Å². The average molecular weight is 516 g/mol. The normalized spacial score (nSPS) is 13.7. The van der Waals surface area contributed by atoms with Crippen molar-refractivity contribution in [2.45, 2.75) is 33.1 Å². The highest BCUT2D eigenvalue weighted by Crippen LogP contribution is 2.53. The molecule has 0 unspecified atom stereocenters. The lowest BCUT2D eigenvalue weighted by Gasteiger charge is -2.23. The van der Waals surface area contributed by atoms with Gasteiger partial charge >= 0.3 is 0 Å². The zero-order valence-corrected chi connectivity index (χ0v) is 23.2. The van der Waals surface area contributed by atoms with Crippen molar-refractivity contribution in [3.63, 3.8) is 0 Å². The zero-order chi connectivity index (χ0) is 27.2. The van der Waals surface area contributed by atoms with Gasteiger partial charge in [-0.3, -0.25) is 0 Å². The van der Waals surface area contributed by atoms with Crippen molar-refractivity contribution < 1.29 is 4.52 Å². The Labute approximate surface area is 233 Å². The quantitative estimate of drug-likeness (QED) is 0.214. The van der Waals surface area contributed by atoms with Crippen LogP contribution in [0.1, 0.15) is 36.4 Å². The van der Waals surface area contributed by atoms with Gasteiger partial charge in [-0.2, -0.15) is 0 Å². The van der Waals surface area contributed by atoms with E-state index >= 15 is 0 Å². The Hall–Kier alpha value is -4.69. The third kappa shape index (κ3) is 3.02. The Morgan fingerprint density at radius 3 is 1.77 bits per heavy atom. The van der Waals surface area contributed by atoms with E-state index in [0.717, 1.165) is 17.0 Å². The first-order chi connectivity index (χ1) is 19.4. The van der Waals surface area contributed by atoms with E-state index in [1.54, 1.807) is 0 Å². The molecule has 8 rings (SSSR count). The second-order valence-electron chi connectivity index (χ2n) is 11.6. The first kappa shape index (κ1) is 23.2. The van der Waals surface area contributed by atoms with Crippen molar-refractivity contribution >= 4 is 32.3 Å². The van der Waals surface area contributed by atoms with Crippen molar-refractivity contribution in [2.24, 2.45) is 0 Å². The second kappa shape index (κ2) is 8.16. The Morgan fingerprint density at radius 1 is 0.550 bits per heavy atom. The molecule has 6 aromatic carbocycles. The molecule has 2 heteroatoms. The van der Waals surface area contributed by atoms with Crippen LogP contribution in [0.15, 0.2) is 108 Å². The predicted molar refractivity (Wildman–Crippen MR) is 167 cm³/mol. The van der Waals surface area contributed by atoms with E-state index in [-0.39, 0.29) is 5.41 Å². The van der Waals surface area contributed by atoms with E-state index in [1.807, 2.05) is 13.8 Å². The van der Waals surface area contributed by atoms with Gasteiger partial charge in [0.1, 0.15) is 5.76 Å². The molecule has 40 heavy (non-hydrogen) atoms. The zero-order valence-electron chi connectivity index (χ0n) is 23.2. The van der Waals surface area contributed by atoms with Crippen molar-refractivity contribution in [3.8, 4) is 33.4 Å².